The van der Waals surface area contributed by atoms with Crippen molar-refractivity contribution in [3.63, 3.8) is 0 Å². The van der Waals surface area contributed by atoms with Crippen molar-refractivity contribution in [3.05, 3.63) is 58.9 Å². The van der Waals surface area contributed by atoms with Gasteiger partial charge in [-0.2, -0.15) is 0 Å². The van der Waals surface area contributed by atoms with Gasteiger partial charge in [0.25, 0.3) is 5.91 Å². The van der Waals surface area contributed by atoms with E-state index in [9.17, 15) is 9.90 Å². The predicted octanol–water partition coefficient (Wildman–Crippen LogP) is 3.67. The Hall–Kier alpha value is -2.57. The van der Waals surface area contributed by atoms with Crippen LogP contribution in [-0.4, -0.2) is 51.3 Å². The molecular formula is C22H24ClN3O3. The summed E-state index contributed by atoms with van der Waals surface area (Å²) in [6.45, 7) is 3.78. The molecule has 1 fully saturated rings. The smallest absolute Gasteiger partial charge is 0.253 e. The number of rotatable bonds is 5. The quantitative estimate of drug-likeness (QED) is 0.693. The van der Waals surface area contributed by atoms with E-state index in [2.05, 4.69) is 4.98 Å². The van der Waals surface area contributed by atoms with Crippen LogP contribution in [0.4, 0.5) is 0 Å². The van der Waals surface area contributed by atoms with Crippen LogP contribution in [0.2, 0.25) is 5.02 Å². The number of fused-ring (bicyclic) bond motifs is 1. The number of aromatic nitrogens is 2. The van der Waals surface area contributed by atoms with E-state index in [1.807, 2.05) is 58.9 Å². The minimum absolute atomic E-state index is 0.0196. The van der Waals surface area contributed by atoms with E-state index < -0.39 is 0 Å². The number of hydrogen-bond acceptors (Lipinski definition) is 4. The molecule has 1 aromatic heterocycles. The van der Waals surface area contributed by atoms with Crippen molar-refractivity contribution < 1.29 is 14.6 Å². The lowest BCUT2D eigenvalue weighted by Gasteiger charge is -2.32. The van der Waals surface area contributed by atoms with E-state index >= 15 is 0 Å². The third kappa shape index (κ3) is 4.23. The first kappa shape index (κ1) is 19.7. The molecule has 0 saturated carbocycles. The van der Waals surface area contributed by atoms with Crippen LogP contribution in [0.5, 0.6) is 5.75 Å². The Morgan fingerprint density at radius 1 is 1.21 bits per heavy atom. The highest BCUT2D eigenvalue weighted by Gasteiger charge is 2.25. The molecule has 1 N–H and O–H groups in total. The molecule has 1 aliphatic heterocycles. The van der Waals surface area contributed by atoms with E-state index in [0.29, 0.717) is 30.2 Å². The first-order valence-corrected chi connectivity index (χ1v) is 10.2. The van der Waals surface area contributed by atoms with Gasteiger partial charge in [0, 0.05) is 43.1 Å². The minimum atomic E-state index is 0.0196. The third-order valence-electron chi connectivity index (χ3n) is 5.36. The number of likely N-dealkylation sites (tertiary alicyclic amines) is 1. The first-order valence-electron chi connectivity index (χ1n) is 9.84. The fourth-order valence-corrected chi connectivity index (χ4v) is 3.96. The van der Waals surface area contributed by atoms with Crippen LogP contribution in [0.15, 0.2) is 42.5 Å². The Kier molecular flexibility index (Phi) is 5.74. The van der Waals surface area contributed by atoms with E-state index in [1.54, 1.807) is 0 Å². The Bertz CT molecular complexity index is 1010. The molecule has 0 spiro atoms. The van der Waals surface area contributed by atoms with Crippen molar-refractivity contribution in [1.29, 1.82) is 0 Å². The summed E-state index contributed by atoms with van der Waals surface area (Å²) < 4.78 is 7.97. The fraction of sp³-hybridized carbons (Fsp3) is 0.364. The summed E-state index contributed by atoms with van der Waals surface area (Å²) in [7, 11) is 0. The second kappa shape index (κ2) is 8.43. The maximum absolute atomic E-state index is 13.0. The number of hydrogen-bond donors (Lipinski definition) is 1. The maximum atomic E-state index is 13.0. The number of benzene rings is 2. The van der Waals surface area contributed by atoms with Gasteiger partial charge in [0.15, 0.2) is 0 Å². The molecular weight excluding hydrogens is 390 g/mol. The fourth-order valence-electron chi connectivity index (χ4n) is 3.83. The molecule has 0 unspecified atom stereocenters. The molecule has 0 bridgehead atoms. The van der Waals surface area contributed by atoms with Crippen molar-refractivity contribution in [2.24, 2.45) is 0 Å². The lowest BCUT2D eigenvalue weighted by Crippen LogP contribution is -2.41. The largest absolute Gasteiger partial charge is 0.490 e. The van der Waals surface area contributed by atoms with E-state index in [0.717, 1.165) is 35.4 Å². The lowest BCUT2D eigenvalue weighted by molar-refractivity contribution is 0.0595. The van der Waals surface area contributed by atoms with Gasteiger partial charge in [-0.25, -0.2) is 4.98 Å². The Balaban J connectivity index is 1.41. The van der Waals surface area contributed by atoms with Gasteiger partial charge in [0.1, 0.15) is 17.7 Å². The highest BCUT2D eigenvalue weighted by Crippen LogP contribution is 2.23. The van der Waals surface area contributed by atoms with E-state index in [4.69, 9.17) is 16.3 Å². The zero-order valence-electron chi connectivity index (χ0n) is 16.3. The van der Waals surface area contributed by atoms with Crippen molar-refractivity contribution in [3.8, 4) is 5.75 Å². The van der Waals surface area contributed by atoms with E-state index in [-0.39, 0.29) is 18.6 Å². The van der Waals surface area contributed by atoms with Crippen LogP contribution >= 0.6 is 11.6 Å². The van der Waals surface area contributed by atoms with Crippen LogP contribution in [-0.2, 0) is 6.54 Å². The summed E-state index contributed by atoms with van der Waals surface area (Å²) in [6.07, 6.45) is 1.68. The van der Waals surface area contributed by atoms with Crippen LogP contribution in [0.1, 0.15) is 29.0 Å². The number of ether oxygens (including phenoxy) is 1. The molecule has 6 nitrogen and oxygen atoms in total. The van der Waals surface area contributed by atoms with Gasteiger partial charge in [-0.05, 0) is 49.4 Å². The highest BCUT2D eigenvalue weighted by molar-refractivity contribution is 6.30. The summed E-state index contributed by atoms with van der Waals surface area (Å²) in [4.78, 5) is 19.4. The molecule has 0 radical (unpaired) electrons. The molecule has 0 aliphatic carbocycles. The number of halogens is 1. The summed E-state index contributed by atoms with van der Waals surface area (Å²) >= 11 is 5.91. The number of aliphatic hydroxyl groups is 1. The summed E-state index contributed by atoms with van der Waals surface area (Å²) in [5.74, 6) is 1.66. The molecule has 2 aromatic carbocycles. The predicted molar refractivity (Wildman–Crippen MR) is 113 cm³/mol. The van der Waals surface area contributed by atoms with Gasteiger partial charge >= 0.3 is 0 Å². The Morgan fingerprint density at radius 3 is 2.62 bits per heavy atom. The first-order chi connectivity index (χ1) is 14.0. The summed E-state index contributed by atoms with van der Waals surface area (Å²) in [6, 6.07) is 13.0. The number of carbonyl (C=O) groups is 1. The van der Waals surface area contributed by atoms with Crippen LogP contribution in [0.25, 0.3) is 11.0 Å². The number of carbonyl (C=O) groups excluding carboxylic acids is 1. The molecule has 7 heteroatoms. The number of piperidine rings is 1. The highest BCUT2D eigenvalue weighted by atomic mass is 35.5. The zero-order chi connectivity index (χ0) is 20.4. The van der Waals surface area contributed by atoms with Crippen LogP contribution < -0.4 is 4.74 Å². The minimum Gasteiger partial charge on any atom is -0.490 e. The van der Waals surface area contributed by atoms with Gasteiger partial charge < -0.3 is 19.3 Å². The second-order valence-corrected chi connectivity index (χ2v) is 7.74. The number of aryl methyl sites for hydroxylation is 1. The molecule has 2 heterocycles. The van der Waals surface area contributed by atoms with Crippen molar-refractivity contribution >= 4 is 28.5 Å². The number of nitrogens with zero attached hydrogens (tertiary/aromatic N) is 3. The van der Waals surface area contributed by atoms with Crippen molar-refractivity contribution in [2.45, 2.75) is 32.4 Å². The average molecular weight is 414 g/mol. The molecule has 4 rings (SSSR count). The second-order valence-electron chi connectivity index (χ2n) is 7.30. The number of imidazole rings is 1. The van der Waals surface area contributed by atoms with Gasteiger partial charge in [-0.3, -0.25) is 4.79 Å². The molecule has 1 saturated heterocycles. The van der Waals surface area contributed by atoms with Crippen molar-refractivity contribution in [1.82, 2.24) is 14.5 Å². The SMILES string of the molecule is Cc1nc2cc(C(=O)N3CCC(Oc4ccc(Cl)cc4)CC3)ccc2n1CCO. The monoisotopic (exact) mass is 413 g/mol. The molecule has 1 amide bonds. The number of amides is 1. The Morgan fingerprint density at radius 2 is 1.93 bits per heavy atom. The van der Waals surface area contributed by atoms with Gasteiger partial charge in [-0.15, -0.1) is 0 Å². The average Bonchev–Trinajstić information content (AvgIpc) is 3.04. The standard InChI is InChI=1S/C22H24ClN3O3/c1-15-24-20-14-16(2-7-21(20)26(15)12-13-27)22(28)25-10-8-19(9-11-25)29-18-5-3-17(23)4-6-18/h2-7,14,19,27H,8-13H2,1H3. The van der Waals surface area contributed by atoms with Crippen LogP contribution in [0, 0.1) is 6.92 Å². The Labute approximate surface area is 174 Å². The van der Waals surface area contributed by atoms with E-state index in [1.165, 1.54) is 0 Å². The maximum Gasteiger partial charge on any atom is 0.253 e. The lowest BCUT2D eigenvalue weighted by atomic mass is 10.1. The molecule has 0 atom stereocenters. The van der Waals surface area contributed by atoms with Crippen LogP contribution in [0.3, 0.4) is 0 Å². The van der Waals surface area contributed by atoms with Crippen molar-refractivity contribution in [2.75, 3.05) is 19.7 Å². The van der Waals surface area contributed by atoms with Gasteiger partial charge in [0.2, 0.25) is 0 Å². The molecule has 29 heavy (non-hydrogen) atoms. The van der Waals surface area contributed by atoms with Gasteiger partial charge in [0.05, 0.1) is 17.6 Å². The topological polar surface area (TPSA) is 67.6 Å². The normalized spacial score (nSPS) is 15.1. The summed E-state index contributed by atoms with van der Waals surface area (Å²) in [5.41, 5.74) is 2.36. The molecule has 1 aliphatic rings. The van der Waals surface area contributed by atoms with Gasteiger partial charge in [-0.1, -0.05) is 11.6 Å². The third-order valence-corrected chi connectivity index (χ3v) is 5.61. The number of aliphatic hydroxyl groups excluding tert-OH is 1. The molecule has 152 valence electrons. The zero-order valence-corrected chi connectivity index (χ0v) is 17.1. The molecule has 3 aromatic rings. The summed E-state index contributed by atoms with van der Waals surface area (Å²) in [5, 5.41) is 9.92.